The molecule has 2 fully saturated rings. The van der Waals surface area contributed by atoms with Crippen LogP contribution < -0.4 is 4.74 Å². The molecule has 0 unspecified atom stereocenters. The molecule has 0 spiro atoms. The quantitative estimate of drug-likeness (QED) is 0.283. The Bertz CT molecular complexity index is 1490. The standard InChI is InChI=1S/C31H34FN5O2S/c1-35-9-11-37(12-10-35)20-22-3-5-26(34-17-22)30-16-27-31(40-30)29(7-8-33-27)39-28-6-4-21(15-25(28)32)13-24(38)14-23-18-36(2)19-23/h3-8,15-17,23H,9-14,18-20H2,1-2H3. The van der Waals surface area contributed by atoms with E-state index in [2.05, 4.69) is 38.9 Å². The Morgan fingerprint density at radius 2 is 1.77 bits per heavy atom. The average Bonchev–Trinajstić information content (AvgIpc) is 3.36. The highest BCUT2D eigenvalue weighted by Gasteiger charge is 2.25. The Balaban J connectivity index is 1.13. The van der Waals surface area contributed by atoms with Gasteiger partial charge in [0.25, 0.3) is 0 Å². The topological polar surface area (TPSA) is 61.8 Å². The number of hydrogen-bond donors (Lipinski definition) is 0. The minimum atomic E-state index is -0.479. The molecule has 0 saturated carbocycles. The molecule has 5 heterocycles. The second-order valence-electron chi connectivity index (χ2n) is 11.1. The Morgan fingerprint density at radius 3 is 2.50 bits per heavy atom. The molecule has 0 atom stereocenters. The molecule has 0 radical (unpaired) electrons. The summed E-state index contributed by atoms with van der Waals surface area (Å²) < 4.78 is 21.9. The van der Waals surface area contributed by atoms with Crippen molar-refractivity contribution in [2.24, 2.45) is 5.92 Å². The van der Waals surface area contributed by atoms with Crippen LogP contribution in [0.25, 0.3) is 20.8 Å². The number of benzene rings is 1. The molecule has 3 aromatic heterocycles. The third-order valence-electron chi connectivity index (χ3n) is 7.73. The number of ketones is 1. The molecule has 2 aliphatic rings. The first-order valence-electron chi connectivity index (χ1n) is 13.8. The molecular formula is C31H34FN5O2S. The molecule has 1 aromatic carbocycles. The van der Waals surface area contributed by atoms with Gasteiger partial charge in [0.1, 0.15) is 11.5 Å². The predicted molar refractivity (Wildman–Crippen MR) is 156 cm³/mol. The molecule has 40 heavy (non-hydrogen) atoms. The number of ether oxygens (including phenoxy) is 1. The van der Waals surface area contributed by atoms with Crippen LogP contribution in [-0.2, 0) is 17.8 Å². The highest BCUT2D eigenvalue weighted by atomic mass is 32.1. The van der Waals surface area contributed by atoms with Gasteiger partial charge in [0, 0.05) is 77.1 Å². The van der Waals surface area contributed by atoms with E-state index in [1.54, 1.807) is 24.4 Å². The fourth-order valence-corrected chi connectivity index (χ4v) is 6.53. The van der Waals surface area contributed by atoms with E-state index in [9.17, 15) is 4.79 Å². The van der Waals surface area contributed by atoms with Crippen LogP contribution in [0.2, 0.25) is 0 Å². The number of rotatable bonds is 9. The van der Waals surface area contributed by atoms with E-state index in [4.69, 9.17) is 9.72 Å². The number of aromatic nitrogens is 2. The van der Waals surface area contributed by atoms with Crippen LogP contribution in [0, 0.1) is 11.7 Å². The van der Waals surface area contributed by atoms with Crippen molar-refractivity contribution in [2.75, 3.05) is 53.4 Å². The molecule has 9 heteroatoms. The molecule has 7 nitrogen and oxygen atoms in total. The van der Waals surface area contributed by atoms with E-state index < -0.39 is 5.82 Å². The number of pyridine rings is 2. The summed E-state index contributed by atoms with van der Waals surface area (Å²) in [5, 5.41) is 0. The van der Waals surface area contributed by atoms with Gasteiger partial charge < -0.3 is 14.5 Å². The van der Waals surface area contributed by atoms with Crippen LogP contribution >= 0.6 is 11.3 Å². The molecule has 0 N–H and O–H groups in total. The number of nitrogens with zero attached hydrogens (tertiary/aromatic N) is 5. The van der Waals surface area contributed by atoms with Crippen LogP contribution in [0.1, 0.15) is 17.5 Å². The summed E-state index contributed by atoms with van der Waals surface area (Å²) in [5.74, 6) is 0.766. The van der Waals surface area contributed by atoms with Gasteiger partial charge in [-0.25, -0.2) is 4.39 Å². The number of piperazine rings is 1. The second-order valence-corrected chi connectivity index (χ2v) is 12.2. The number of carbonyl (C=O) groups is 1. The highest BCUT2D eigenvalue weighted by Crippen LogP contribution is 2.39. The minimum Gasteiger partial charge on any atom is -0.453 e. The van der Waals surface area contributed by atoms with E-state index in [0.717, 1.165) is 66.6 Å². The maximum absolute atomic E-state index is 15.0. The van der Waals surface area contributed by atoms with Gasteiger partial charge in [0.15, 0.2) is 11.6 Å². The lowest BCUT2D eigenvalue weighted by Crippen LogP contribution is -2.44. The zero-order chi connectivity index (χ0) is 27.6. The molecule has 0 aliphatic carbocycles. The van der Waals surface area contributed by atoms with Crippen molar-refractivity contribution in [1.29, 1.82) is 0 Å². The predicted octanol–water partition coefficient (Wildman–Crippen LogP) is 5.10. The zero-order valence-corrected chi connectivity index (χ0v) is 23.8. The number of hydrogen-bond acceptors (Lipinski definition) is 8. The first kappa shape index (κ1) is 27.0. The Hall–Kier alpha value is -3.24. The van der Waals surface area contributed by atoms with Gasteiger partial charge in [-0.1, -0.05) is 12.1 Å². The third kappa shape index (κ3) is 6.23. The summed E-state index contributed by atoms with van der Waals surface area (Å²) in [4.78, 5) is 29.6. The molecule has 2 aliphatic heterocycles. The van der Waals surface area contributed by atoms with Crippen LogP contribution in [-0.4, -0.2) is 83.8 Å². The van der Waals surface area contributed by atoms with Crippen LogP contribution in [0.5, 0.6) is 11.5 Å². The number of likely N-dealkylation sites (N-methyl/N-ethyl adjacent to an activating group) is 1. The van der Waals surface area contributed by atoms with E-state index in [-0.39, 0.29) is 18.0 Å². The van der Waals surface area contributed by atoms with E-state index in [1.807, 2.05) is 19.3 Å². The van der Waals surface area contributed by atoms with Crippen molar-refractivity contribution in [1.82, 2.24) is 24.7 Å². The fourth-order valence-electron chi connectivity index (χ4n) is 5.48. The van der Waals surface area contributed by atoms with Gasteiger partial charge in [-0.2, -0.15) is 0 Å². The van der Waals surface area contributed by atoms with Crippen molar-refractivity contribution >= 4 is 27.3 Å². The van der Waals surface area contributed by atoms with Gasteiger partial charge in [-0.15, -0.1) is 11.3 Å². The first-order valence-corrected chi connectivity index (χ1v) is 14.6. The lowest BCUT2D eigenvalue weighted by Gasteiger charge is -2.35. The van der Waals surface area contributed by atoms with Crippen LogP contribution in [0.3, 0.4) is 0 Å². The smallest absolute Gasteiger partial charge is 0.166 e. The third-order valence-corrected chi connectivity index (χ3v) is 8.89. The monoisotopic (exact) mass is 559 g/mol. The molecule has 2 saturated heterocycles. The summed E-state index contributed by atoms with van der Waals surface area (Å²) in [5.41, 5.74) is 3.53. The largest absolute Gasteiger partial charge is 0.453 e. The summed E-state index contributed by atoms with van der Waals surface area (Å²) in [6.07, 6.45) is 4.42. The Labute approximate surface area is 238 Å². The lowest BCUT2D eigenvalue weighted by atomic mass is 9.92. The number of likely N-dealkylation sites (tertiary alicyclic amines) is 1. The molecule has 208 valence electrons. The van der Waals surface area contributed by atoms with Crippen molar-refractivity contribution < 1.29 is 13.9 Å². The van der Waals surface area contributed by atoms with Gasteiger partial charge >= 0.3 is 0 Å². The molecule has 6 rings (SSSR count). The molecular weight excluding hydrogens is 525 g/mol. The summed E-state index contributed by atoms with van der Waals surface area (Å²) in [6.45, 7) is 7.15. The summed E-state index contributed by atoms with van der Waals surface area (Å²) in [6, 6.07) is 12.7. The maximum Gasteiger partial charge on any atom is 0.166 e. The fraction of sp³-hybridized carbons (Fsp3) is 0.387. The van der Waals surface area contributed by atoms with Gasteiger partial charge in [0.05, 0.1) is 20.8 Å². The van der Waals surface area contributed by atoms with E-state index in [0.29, 0.717) is 23.7 Å². The maximum atomic E-state index is 15.0. The normalized spacial score (nSPS) is 17.3. The molecule has 0 amide bonds. The minimum absolute atomic E-state index is 0.130. The molecule has 4 aromatic rings. The van der Waals surface area contributed by atoms with E-state index in [1.165, 1.54) is 23.0 Å². The van der Waals surface area contributed by atoms with Crippen molar-refractivity contribution in [3.63, 3.8) is 0 Å². The second kappa shape index (κ2) is 11.7. The van der Waals surface area contributed by atoms with Gasteiger partial charge in [-0.05, 0) is 55.4 Å². The van der Waals surface area contributed by atoms with Crippen molar-refractivity contribution in [2.45, 2.75) is 19.4 Å². The number of carbonyl (C=O) groups excluding carboxylic acids is 1. The Kier molecular flexibility index (Phi) is 7.89. The number of halogens is 1. The first-order chi connectivity index (χ1) is 19.4. The Morgan fingerprint density at radius 1 is 0.975 bits per heavy atom. The van der Waals surface area contributed by atoms with Crippen LogP contribution in [0.15, 0.2) is 54.9 Å². The van der Waals surface area contributed by atoms with Crippen LogP contribution in [0.4, 0.5) is 4.39 Å². The SMILES string of the molecule is CN1CCN(Cc2ccc(-c3cc4nccc(Oc5ccc(CC(=O)CC6CN(C)C6)cc5F)c4s3)nc2)CC1. The summed E-state index contributed by atoms with van der Waals surface area (Å²) in [7, 11) is 4.21. The lowest BCUT2D eigenvalue weighted by molar-refractivity contribution is -0.120. The average molecular weight is 560 g/mol. The zero-order valence-electron chi connectivity index (χ0n) is 23.0. The van der Waals surface area contributed by atoms with E-state index >= 15 is 4.39 Å². The van der Waals surface area contributed by atoms with Crippen molar-refractivity contribution in [3.8, 4) is 22.1 Å². The molecule has 0 bridgehead atoms. The van der Waals surface area contributed by atoms with Gasteiger partial charge in [-0.3, -0.25) is 19.7 Å². The highest BCUT2D eigenvalue weighted by molar-refractivity contribution is 7.22. The van der Waals surface area contributed by atoms with Gasteiger partial charge in [0.2, 0.25) is 0 Å². The number of fused-ring (bicyclic) bond motifs is 1. The number of thiophene rings is 1. The summed E-state index contributed by atoms with van der Waals surface area (Å²) >= 11 is 1.53. The number of Topliss-reactive ketones (excluding diaryl/α,β-unsaturated/α-hetero) is 1. The van der Waals surface area contributed by atoms with Crippen molar-refractivity contribution in [3.05, 3.63) is 71.8 Å².